The maximum absolute atomic E-state index is 3.38. The average Bonchev–Trinajstić information content (AvgIpc) is 2.18. The van der Waals surface area contributed by atoms with Crippen LogP contribution >= 0.6 is 22.6 Å². The molecule has 1 atom stereocenters. The van der Waals surface area contributed by atoms with E-state index in [0.717, 1.165) is 19.0 Å². The molecule has 14 heavy (non-hydrogen) atoms. The molecule has 78 valence electrons. The van der Waals surface area contributed by atoms with Crippen LogP contribution in [0.1, 0.15) is 19.4 Å². The summed E-state index contributed by atoms with van der Waals surface area (Å²) in [4.78, 5) is 0. The van der Waals surface area contributed by atoms with Gasteiger partial charge >= 0.3 is 0 Å². The SMILES string of the molecule is CCNCC(C)Cc1ccc(I)cc1. The van der Waals surface area contributed by atoms with Gasteiger partial charge < -0.3 is 5.32 Å². The van der Waals surface area contributed by atoms with Gasteiger partial charge in [-0.15, -0.1) is 0 Å². The minimum absolute atomic E-state index is 0.718. The number of halogens is 1. The first-order valence-corrected chi connectivity index (χ1v) is 6.25. The second-order valence-corrected chi connectivity index (χ2v) is 4.99. The molecule has 0 radical (unpaired) electrons. The van der Waals surface area contributed by atoms with Crippen molar-refractivity contribution in [3.63, 3.8) is 0 Å². The van der Waals surface area contributed by atoms with Crippen molar-refractivity contribution in [3.8, 4) is 0 Å². The normalized spacial score (nSPS) is 12.8. The van der Waals surface area contributed by atoms with Gasteiger partial charge in [0, 0.05) is 3.57 Å². The van der Waals surface area contributed by atoms with Crippen LogP contribution in [0.15, 0.2) is 24.3 Å². The number of nitrogens with one attached hydrogen (secondary N) is 1. The van der Waals surface area contributed by atoms with E-state index in [1.807, 2.05) is 0 Å². The van der Waals surface area contributed by atoms with E-state index >= 15 is 0 Å². The quantitative estimate of drug-likeness (QED) is 0.824. The molecular formula is C12H18IN. The first-order chi connectivity index (χ1) is 6.72. The number of hydrogen-bond donors (Lipinski definition) is 1. The summed E-state index contributed by atoms with van der Waals surface area (Å²) in [6.45, 7) is 6.62. The van der Waals surface area contributed by atoms with Crippen molar-refractivity contribution in [3.05, 3.63) is 33.4 Å². The molecule has 0 bridgehead atoms. The van der Waals surface area contributed by atoms with Crippen molar-refractivity contribution < 1.29 is 0 Å². The molecule has 0 aliphatic heterocycles. The third-order valence-corrected chi connectivity index (χ3v) is 2.96. The van der Waals surface area contributed by atoms with Crippen LogP contribution in [0.5, 0.6) is 0 Å². The summed E-state index contributed by atoms with van der Waals surface area (Å²) in [5.41, 5.74) is 1.44. The molecule has 0 spiro atoms. The molecule has 0 fully saturated rings. The smallest absolute Gasteiger partial charge is 0.0130 e. The van der Waals surface area contributed by atoms with E-state index in [1.54, 1.807) is 0 Å². The highest BCUT2D eigenvalue weighted by Gasteiger charge is 2.02. The van der Waals surface area contributed by atoms with Crippen LogP contribution in [-0.4, -0.2) is 13.1 Å². The maximum Gasteiger partial charge on any atom is 0.0130 e. The lowest BCUT2D eigenvalue weighted by molar-refractivity contribution is 0.521. The summed E-state index contributed by atoms with van der Waals surface area (Å²) in [6.07, 6.45) is 1.17. The van der Waals surface area contributed by atoms with Gasteiger partial charge in [0.15, 0.2) is 0 Å². The molecule has 0 amide bonds. The zero-order valence-corrected chi connectivity index (χ0v) is 11.0. The Morgan fingerprint density at radius 3 is 2.50 bits per heavy atom. The summed E-state index contributed by atoms with van der Waals surface area (Å²) in [7, 11) is 0. The molecule has 1 N–H and O–H groups in total. The highest BCUT2D eigenvalue weighted by molar-refractivity contribution is 14.1. The van der Waals surface area contributed by atoms with Gasteiger partial charge in [0.25, 0.3) is 0 Å². The zero-order valence-electron chi connectivity index (χ0n) is 8.89. The second kappa shape index (κ2) is 6.40. The van der Waals surface area contributed by atoms with Crippen molar-refractivity contribution in [2.75, 3.05) is 13.1 Å². The Morgan fingerprint density at radius 1 is 1.29 bits per heavy atom. The highest BCUT2D eigenvalue weighted by Crippen LogP contribution is 2.10. The Morgan fingerprint density at radius 2 is 1.93 bits per heavy atom. The molecule has 1 unspecified atom stereocenters. The minimum Gasteiger partial charge on any atom is -0.317 e. The zero-order chi connectivity index (χ0) is 10.4. The topological polar surface area (TPSA) is 12.0 Å². The Labute approximate surface area is 100 Å². The Hall–Kier alpha value is -0.0900. The average molecular weight is 303 g/mol. The fraction of sp³-hybridized carbons (Fsp3) is 0.500. The van der Waals surface area contributed by atoms with Gasteiger partial charge in [-0.25, -0.2) is 0 Å². The van der Waals surface area contributed by atoms with Crippen LogP contribution in [0.25, 0.3) is 0 Å². The minimum atomic E-state index is 0.718. The predicted octanol–water partition coefficient (Wildman–Crippen LogP) is 3.08. The maximum atomic E-state index is 3.38. The van der Waals surface area contributed by atoms with Gasteiger partial charge in [-0.3, -0.25) is 0 Å². The highest BCUT2D eigenvalue weighted by atomic mass is 127. The first-order valence-electron chi connectivity index (χ1n) is 5.17. The second-order valence-electron chi connectivity index (χ2n) is 3.74. The number of benzene rings is 1. The van der Waals surface area contributed by atoms with Crippen LogP contribution in [0, 0.1) is 9.49 Å². The van der Waals surface area contributed by atoms with E-state index in [4.69, 9.17) is 0 Å². The summed E-state index contributed by atoms with van der Waals surface area (Å²) < 4.78 is 1.31. The van der Waals surface area contributed by atoms with Crippen LogP contribution in [0.2, 0.25) is 0 Å². The molecule has 1 aromatic carbocycles. The molecule has 0 aromatic heterocycles. The summed E-state index contributed by atoms with van der Waals surface area (Å²) >= 11 is 2.34. The van der Waals surface area contributed by atoms with Gasteiger partial charge in [-0.1, -0.05) is 26.0 Å². The van der Waals surface area contributed by atoms with Gasteiger partial charge in [0.2, 0.25) is 0 Å². The first kappa shape index (κ1) is 12.0. The lowest BCUT2D eigenvalue weighted by Crippen LogP contribution is -2.21. The molecule has 0 aliphatic carbocycles. The lowest BCUT2D eigenvalue weighted by Gasteiger charge is -2.11. The van der Waals surface area contributed by atoms with Crippen LogP contribution in [-0.2, 0) is 6.42 Å². The van der Waals surface area contributed by atoms with E-state index in [1.165, 1.54) is 15.6 Å². The Kier molecular flexibility index (Phi) is 5.48. The van der Waals surface area contributed by atoms with Crippen molar-refractivity contribution in [2.24, 2.45) is 5.92 Å². The molecule has 0 saturated heterocycles. The monoisotopic (exact) mass is 303 g/mol. The molecule has 1 rings (SSSR count). The lowest BCUT2D eigenvalue weighted by atomic mass is 10.0. The van der Waals surface area contributed by atoms with Gasteiger partial charge in [-0.05, 0) is 65.7 Å². The van der Waals surface area contributed by atoms with Crippen molar-refractivity contribution in [1.82, 2.24) is 5.32 Å². The molecule has 1 aromatic rings. The van der Waals surface area contributed by atoms with E-state index in [0.29, 0.717) is 0 Å². The Balaban J connectivity index is 2.39. The number of hydrogen-bond acceptors (Lipinski definition) is 1. The van der Waals surface area contributed by atoms with E-state index in [9.17, 15) is 0 Å². The van der Waals surface area contributed by atoms with Gasteiger partial charge in [0.05, 0.1) is 0 Å². The molecule has 0 heterocycles. The van der Waals surface area contributed by atoms with E-state index in [-0.39, 0.29) is 0 Å². The fourth-order valence-corrected chi connectivity index (χ4v) is 1.85. The Bertz CT molecular complexity index is 256. The molecular weight excluding hydrogens is 285 g/mol. The van der Waals surface area contributed by atoms with Crippen LogP contribution < -0.4 is 5.32 Å². The molecule has 1 nitrogen and oxygen atoms in total. The number of rotatable bonds is 5. The van der Waals surface area contributed by atoms with Crippen LogP contribution in [0.4, 0.5) is 0 Å². The largest absolute Gasteiger partial charge is 0.317 e. The molecule has 2 heteroatoms. The van der Waals surface area contributed by atoms with Crippen molar-refractivity contribution in [1.29, 1.82) is 0 Å². The van der Waals surface area contributed by atoms with Crippen molar-refractivity contribution in [2.45, 2.75) is 20.3 Å². The molecule has 0 saturated carbocycles. The standard InChI is InChI=1S/C12H18IN/c1-3-14-9-10(2)8-11-4-6-12(13)7-5-11/h4-7,10,14H,3,8-9H2,1-2H3. The molecule has 0 aliphatic rings. The summed E-state index contributed by atoms with van der Waals surface area (Å²) in [5.74, 6) is 0.718. The van der Waals surface area contributed by atoms with E-state index in [2.05, 4.69) is 66.0 Å². The van der Waals surface area contributed by atoms with Crippen LogP contribution in [0.3, 0.4) is 0 Å². The third-order valence-electron chi connectivity index (χ3n) is 2.24. The predicted molar refractivity (Wildman–Crippen MR) is 70.6 cm³/mol. The summed E-state index contributed by atoms with van der Waals surface area (Å²) in [5, 5.41) is 3.38. The van der Waals surface area contributed by atoms with Gasteiger partial charge in [0.1, 0.15) is 0 Å². The van der Waals surface area contributed by atoms with Gasteiger partial charge in [-0.2, -0.15) is 0 Å². The third kappa shape index (κ3) is 4.42. The van der Waals surface area contributed by atoms with Crippen molar-refractivity contribution >= 4 is 22.6 Å². The van der Waals surface area contributed by atoms with E-state index < -0.39 is 0 Å². The summed E-state index contributed by atoms with van der Waals surface area (Å²) in [6, 6.07) is 8.81. The fourth-order valence-electron chi connectivity index (χ4n) is 1.49.